The van der Waals surface area contributed by atoms with Crippen LogP contribution in [0.2, 0.25) is 0 Å². The van der Waals surface area contributed by atoms with Gasteiger partial charge in [0.1, 0.15) is 6.42 Å². The summed E-state index contributed by atoms with van der Waals surface area (Å²) in [5.41, 5.74) is 0.767. The summed E-state index contributed by atoms with van der Waals surface area (Å²) < 4.78 is 5.65. The number of nitrogens with zero attached hydrogens (tertiary/aromatic N) is 2. The molecule has 1 aromatic carbocycles. The topological polar surface area (TPSA) is 76.2 Å². The van der Waals surface area contributed by atoms with Gasteiger partial charge >= 0.3 is 5.97 Å². The van der Waals surface area contributed by atoms with E-state index in [0.717, 1.165) is 10.0 Å². The van der Waals surface area contributed by atoms with Crippen LogP contribution in [0.25, 0.3) is 11.4 Å². The minimum absolute atomic E-state index is 0.0956. The average molecular weight is 283 g/mol. The SMILES string of the molecule is O=C(O)Cc1nc(-c2ccccc2Br)no1. The van der Waals surface area contributed by atoms with Crippen LogP contribution >= 0.6 is 15.9 Å². The van der Waals surface area contributed by atoms with E-state index in [4.69, 9.17) is 9.63 Å². The normalized spacial score (nSPS) is 10.3. The summed E-state index contributed by atoms with van der Waals surface area (Å²) in [5, 5.41) is 12.3. The highest BCUT2D eigenvalue weighted by atomic mass is 79.9. The summed E-state index contributed by atoms with van der Waals surface area (Å²) in [6, 6.07) is 7.38. The Kier molecular flexibility index (Phi) is 3.00. The maximum atomic E-state index is 10.4. The van der Waals surface area contributed by atoms with Crippen LogP contribution in [-0.2, 0) is 11.2 Å². The number of aliphatic carboxylic acids is 1. The van der Waals surface area contributed by atoms with Crippen molar-refractivity contribution in [3.63, 3.8) is 0 Å². The third-order valence-corrected chi connectivity index (χ3v) is 2.58. The lowest BCUT2D eigenvalue weighted by Crippen LogP contribution is -1.99. The van der Waals surface area contributed by atoms with Gasteiger partial charge in [0, 0.05) is 10.0 Å². The fraction of sp³-hybridized carbons (Fsp3) is 0.100. The van der Waals surface area contributed by atoms with E-state index >= 15 is 0 Å². The Labute approximate surface area is 99.2 Å². The van der Waals surface area contributed by atoms with Gasteiger partial charge in [-0.2, -0.15) is 4.98 Å². The Morgan fingerprint density at radius 1 is 1.44 bits per heavy atom. The fourth-order valence-electron chi connectivity index (χ4n) is 1.21. The van der Waals surface area contributed by atoms with Gasteiger partial charge in [0.05, 0.1) is 0 Å². The molecule has 0 radical (unpaired) electrons. The fourth-order valence-corrected chi connectivity index (χ4v) is 1.67. The highest BCUT2D eigenvalue weighted by molar-refractivity contribution is 9.10. The van der Waals surface area contributed by atoms with Gasteiger partial charge in [0.2, 0.25) is 11.7 Å². The summed E-state index contributed by atoms with van der Waals surface area (Å²) >= 11 is 3.36. The van der Waals surface area contributed by atoms with Crippen LogP contribution in [0.5, 0.6) is 0 Å². The second-order valence-corrected chi connectivity index (χ2v) is 3.92. The minimum Gasteiger partial charge on any atom is -0.481 e. The van der Waals surface area contributed by atoms with Crippen molar-refractivity contribution in [1.29, 1.82) is 0 Å². The third-order valence-electron chi connectivity index (χ3n) is 1.89. The minimum atomic E-state index is -0.998. The number of halogens is 1. The van der Waals surface area contributed by atoms with Gasteiger partial charge < -0.3 is 9.63 Å². The monoisotopic (exact) mass is 282 g/mol. The van der Waals surface area contributed by atoms with Crippen LogP contribution in [-0.4, -0.2) is 21.2 Å². The van der Waals surface area contributed by atoms with Crippen molar-refractivity contribution in [2.45, 2.75) is 6.42 Å². The van der Waals surface area contributed by atoms with Crippen molar-refractivity contribution in [2.75, 3.05) is 0 Å². The van der Waals surface area contributed by atoms with E-state index in [-0.39, 0.29) is 12.3 Å². The second kappa shape index (κ2) is 4.44. The van der Waals surface area contributed by atoms with Crippen LogP contribution < -0.4 is 0 Å². The molecule has 0 atom stereocenters. The van der Waals surface area contributed by atoms with Gasteiger partial charge in [-0.25, -0.2) is 0 Å². The maximum absolute atomic E-state index is 10.4. The molecule has 0 spiro atoms. The average Bonchev–Trinajstić information content (AvgIpc) is 2.66. The number of hydrogen-bond donors (Lipinski definition) is 1. The molecule has 2 aromatic rings. The van der Waals surface area contributed by atoms with Gasteiger partial charge in [-0.3, -0.25) is 4.79 Å². The number of carbonyl (C=O) groups is 1. The summed E-state index contributed by atoms with van der Waals surface area (Å²) in [6.45, 7) is 0. The van der Waals surface area contributed by atoms with E-state index in [1.165, 1.54) is 0 Å². The Balaban J connectivity index is 2.32. The molecule has 0 bridgehead atoms. The number of hydrogen-bond acceptors (Lipinski definition) is 4. The Bertz CT molecular complexity index is 524. The largest absolute Gasteiger partial charge is 0.481 e. The van der Waals surface area contributed by atoms with Gasteiger partial charge in [0.25, 0.3) is 0 Å². The summed E-state index contributed by atoms with van der Waals surface area (Å²) in [6.07, 6.45) is -0.266. The van der Waals surface area contributed by atoms with Gasteiger partial charge in [-0.15, -0.1) is 0 Å². The molecule has 1 N–H and O–H groups in total. The number of aromatic nitrogens is 2. The molecule has 0 saturated carbocycles. The number of benzene rings is 1. The molecule has 0 amide bonds. The molecular formula is C10H7BrN2O3. The molecule has 5 nitrogen and oxygen atoms in total. The van der Waals surface area contributed by atoms with Crippen molar-refractivity contribution in [2.24, 2.45) is 0 Å². The molecule has 0 saturated heterocycles. The standard InChI is InChI=1S/C10H7BrN2O3/c11-7-4-2-1-3-6(7)10-12-8(16-13-10)5-9(14)15/h1-4H,5H2,(H,14,15). The molecule has 1 aromatic heterocycles. The van der Waals surface area contributed by atoms with Crippen LogP contribution in [0.15, 0.2) is 33.3 Å². The first-order valence-corrected chi connectivity index (χ1v) is 5.25. The molecular weight excluding hydrogens is 276 g/mol. The smallest absolute Gasteiger partial charge is 0.312 e. The predicted octanol–water partition coefficient (Wildman–Crippen LogP) is 2.13. The Morgan fingerprint density at radius 3 is 2.88 bits per heavy atom. The first-order valence-electron chi connectivity index (χ1n) is 4.46. The van der Waals surface area contributed by atoms with Crippen molar-refractivity contribution in [3.05, 3.63) is 34.6 Å². The van der Waals surface area contributed by atoms with Crippen LogP contribution in [0.3, 0.4) is 0 Å². The van der Waals surface area contributed by atoms with Crippen molar-refractivity contribution in [1.82, 2.24) is 10.1 Å². The molecule has 0 aliphatic carbocycles. The molecule has 0 unspecified atom stereocenters. The first-order chi connectivity index (χ1) is 7.66. The zero-order valence-corrected chi connectivity index (χ0v) is 9.64. The highest BCUT2D eigenvalue weighted by Gasteiger charge is 2.12. The Hall–Kier alpha value is -1.69. The number of rotatable bonds is 3. The molecule has 2 rings (SSSR count). The van der Waals surface area contributed by atoms with Crippen LogP contribution in [0.1, 0.15) is 5.89 Å². The van der Waals surface area contributed by atoms with Gasteiger partial charge in [-0.05, 0) is 12.1 Å². The number of carboxylic acids is 1. The second-order valence-electron chi connectivity index (χ2n) is 3.06. The van der Waals surface area contributed by atoms with Crippen molar-refractivity contribution < 1.29 is 14.4 Å². The Morgan fingerprint density at radius 2 is 2.19 bits per heavy atom. The van der Waals surface area contributed by atoms with E-state index in [1.807, 2.05) is 24.3 Å². The van der Waals surface area contributed by atoms with E-state index in [2.05, 4.69) is 26.1 Å². The van der Waals surface area contributed by atoms with E-state index in [1.54, 1.807) is 0 Å². The highest BCUT2D eigenvalue weighted by Crippen LogP contribution is 2.25. The van der Waals surface area contributed by atoms with Gasteiger partial charge in [-0.1, -0.05) is 33.2 Å². The lowest BCUT2D eigenvalue weighted by molar-refractivity contribution is -0.136. The van der Waals surface area contributed by atoms with E-state index < -0.39 is 5.97 Å². The third kappa shape index (κ3) is 2.27. The lowest BCUT2D eigenvalue weighted by atomic mass is 10.2. The zero-order valence-electron chi connectivity index (χ0n) is 8.05. The van der Waals surface area contributed by atoms with E-state index in [9.17, 15) is 4.79 Å². The molecule has 82 valence electrons. The van der Waals surface area contributed by atoms with Crippen LogP contribution in [0.4, 0.5) is 0 Å². The molecule has 0 aliphatic heterocycles. The predicted molar refractivity (Wildman–Crippen MR) is 58.8 cm³/mol. The molecule has 0 fully saturated rings. The number of carboxylic acid groups (broad SMARTS) is 1. The first kappa shape index (κ1) is 10.8. The molecule has 16 heavy (non-hydrogen) atoms. The summed E-state index contributed by atoms with van der Waals surface area (Å²) in [4.78, 5) is 14.4. The van der Waals surface area contributed by atoms with Crippen molar-refractivity contribution >= 4 is 21.9 Å². The van der Waals surface area contributed by atoms with E-state index in [0.29, 0.717) is 5.82 Å². The molecule has 6 heteroatoms. The molecule has 1 heterocycles. The zero-order chi connectivity index (χ0) is 11.5. The summed E-state index contributed by atoms with van der Waals surface area (Å²) in [5.74, 6) is -0.524. The summed E-state index contributed by atoms with van der Waals surface area (Å²) in [7, 11) is 0. The van der Waals surface area contributed by atoms with Crippen molar-refractivity contribution in [3.8, 4) is 11.4 Å². The quantitative estimate of drug-likeness (QED) is 0.933. The van der Waals surface area contributed by atoms with Crippen LogP contribution in [0, 0.1) is 0 Å². The lowest BCUT2D eigenvalue weighted by Gasteiger charge is -1.96. The molecule has 0 aliphatic rings. The van der Waals surface area contributed by atoms with Gasteiger partial charge in [0.15, 0.2) is 0 Å². The maximum Gasteiger partial charge on any atom is 0.312 e.